The standard InChI is InChI=1S/C18H19N3O7/c1-3-27-17(23)16-11(2)19-18(24)20-14(16)10-28-15(22)8-7-12-5-4-6-13(9-12)21(25)26/h4-9,11H,3,10H2,1-2H3,(H2,19,20,24)/b8-7+. The maximum Gasteiger partial charge on any atom is 0.338 e. The van der Waals surface area contributed by atoms with Gasteiger partial charge in [-0.25, -0.2) is 14.4 Å². The third kappa shape index (κ3) is 5.40. The molecular weight excluding hydrogens is 370 g/mol. The van der Waals surface area contributed by atoms with Crippen molar-refractivity contribution in [1.29, 1.82) is 0 Å². The summed E-state index contributed by atoms with van der Waals surface area (Å²) in [6.07, 6.45) is 2.45. The van der Waals surface area contributed by atoms with E-state index < -0.39 is 28.9 Å². The Morgan fingerprint density at radius 2 is 2.07 bits per heavy atom. The lowest BCUT2D eigenvalue weighted by Crippen LogP contribution is -2.50. The van der Waals surface area contributed by atoms with Crippen molar-refractivity contribution in [3.05, 3.63) is 57.3 Å². The van der Waals surface area contributed by atoms with E-state index in [1.807, 2.05) is 0 Å². The summed E-state index contributed by atoms with van der Waals surface area (Å²) in [4.78, 5) is 45.9. The number of non-ortho nitro benzene ring substituents is 1. The first-order chi connectivity index (χ1) is 13.3. The third-order valence-corrected chi connectivity index (χ3v) is 3.72. The van der Waals surface area contributed by atoms with Crippen molar-refractivity contribution in [3.8, 4) is 0 Å². The predicted octanol–water partition coefficient (Wildman–Crippen LogP) is 1.67. The minimum Gasteiger partial charge on any atom is -0.463 e. The van der Waals surface area contributed by atoms with Gasteiger partial charge in [0.2, 0.25) is 0 Å². The summed E-state index contributed by atoms with van der Waals surface area (Å²) in [7, 11) is 0. The van der Waals surface area contributed by atoms with E-state index in [1.54, 1.807) is 19.9 Å². The van der Waals surface area contributed by atoms with E-state index in [0.29, 0.717) is 5.56 Å². The number of rotatable bonds is 7. The molecule has 1 aliphatic heterocycles. The van der Waals surface area contributed by atoms with Gasteiger partial charge in [-0.05, 0) is 25.5 Å². The van der Waals surface area contributed by atoms with Gasteiger partial charge in [-0.1, -0.05) is 12.1 Å². The van der Waals surface area contributed by atoms with Gasteiger partial charge >= 0.3 is 18.0 Å². The van der Waals surface area contributed by atoms with E-state index in [-0.39, 0.29) is 30.2 Å². The number of nitro benzene ring substituents is 1. The maximum absolute atomic E-state index is 12.1. The number of urea groups is 1. The van der Waals surface area contributed by atoms with Gasteiger partial charge in [0.1, 0.15) is 6.61 Å². The normalized spacial score (nSPS) is 16.4. The number of nitrogens with one attached hydrogen (secondary N) is 2. The molecule has 1 aliphatic rings. The lowest BCUT2D eigenvalue weighted by molar-refractivity contribution is -0.384. The molecule has 148 valence electrons. The van der Waals surface area contributed by atoms with Gasteiger partial charge < -0.3 is 20.1 Å². The Kier molecular flexibility index (Phi) is 6.85. The molecule has 1 heterocycles. The zero-order chi connectivity index (χ0) is 20.7. The molecule has 0 bridgehead atoms. The average Bonchev–Trinajstić information content (AvgIpc) is 2.64. The molecule has 1 aromatic carbocycles. The molecule has 2 rings (SSSR count). The van der Waals surface area contributed by atoms with Crippen LogP contribution in [0.1, 0.15) is 19.4 Å². The molecule has 1 aromatic rings. The topological polar surface area (TPSA) is 137 Å². The molecule has 1 unspecified atom stereocenters. The highest BCUT2D eigenvalue weighted by molar-refractivity contribution is 5.95. The van der Waals surface area contributed by atoms with E-state index in [0.717, 1.165) is 6.08 Å². The second-order valence-corrected chi connectivity index (χ2v) is 5.73. The van der Waals surface area contributed by atoms with Crippen LogP contribution in [0, 0.1) is 10.1 Å². The summed E-state index contributed by atoms with van der Waals surface area (Å²) in [5.74, 6) is -1.37. The molecule has 0 spiro atoms. The fraction of sp³-hybridized carbons (Fsp3) is 0.278. The van der Waals surface area contributed by atoms with Gasteiger partial charge in [-0.3, -0.25) is 10.1 Å². The van der Waals surface area contributed by atoms with Gasteiger partial charge in [0.05, 0.1) is 28.8 Å². The smallest absolute Gasteiger partial charge is 0.338 e. The first-order valence-corrected chi connectivity index (χ1v) is 8.38. The third-order valence-electron chi connectivity index (χ3n) is 3.72. The summed E-state index contributed by atoms with van der Waals surface area (Å²) in [5.41, 5.74) is 0.635. The van der Waals surface area contributed by atoms with Crippen molar-refractivity contribution in [1.82, 2.24) is 10.6 Å². The largest absolute Gasteiger partial charge is 0.463 e. The Balaban J connectivity index is 2.07. The summed E-state index contributed by atoms with van der Waals surface area (Å²) in [6.45, 7) is 3.07. The zero-order valence-corrected chi connectivity index (χ0v) is 15.3. The van der Waals surface area contributed by atoms with Crippen LogP contribution < -0.4 is 10.6 Å². The summed E-state index contributed by atoms with van der Waals surface area (Å²) >= 11 is 0. The average molecular weight is 389 g/mol. The van der Waals surface area contributed by atoms with Crippen molar-refractivity contribution >= 4 is 29.7 Å². The van der Waals surface area contributed by atoms with Gasteiger partial charge in [-0.15, -0.1) is 0 Å². The molecule has 0 aliphatic carbocycles. The number of nitro groups is 1. The molecule has 28 heavy (non-hydrogen) atoms. The number of ether oxygens (including phenoxy) is 2. The van der Waals surface area contributed by atoms with Crippen LogP contribution in [-0.4, -0.2) is 42.1 Å². The molecule has 0 aromatic heterocycles. The molecule has 0 fully saturated rings. The van der Waals surface area contributed by atoms with E-state index in [2.05, 4.69) is 10.6 Å². The first-order valence-electron chi connectivity index (χ1n) is 8.38. The number of benzene rings is 1. The lowest BCUT2D eigenvalue weighted by atomic mass is 10.0. The molecule has 1 atom stereocenters. The van der Waals surface area contributed by atoms with Crippen molar-refractivity contribution in [2.75, 3.05) is 13.2 Å². The monoisotopic (exact) mass is 389 g/mol. The zero-order valence-electron chi connectivity index (χ0n) is 15.3. The van der Waals surface area contributed by atoms with Crippen LogP contribution in [0.15, 0.2) is 41.6 Å². The molecule has 10 heteroatoms. The van der Waals surface area contributed by atoms with Crippen LogP contribution in [0.2, 0.25) is 0 Å². The molecular formula is C18H19N3O7. The van der Waals surface area contributed by atoms with Crippen molar-refractivity contribution < 1.29 is 28.8 Å². The number of hydrogen-bond donors (Lipinski definition) is 2. The second kappa shape index (κ2) is 9.31. The van der Waals surface area contributed by atoms with Gasteiger partial charge in [0.25, 0.3) is 5.69 Å². The minimum absolute atomic E-state index is 0.105. The van der Waals surface area contributed by atoms with Gasteiger partial charge in [0.15, 0.2) is 0 Å². The van der Waals surface area contributed by atoms with Crippen LogP contribution in [-0.2, 0) is 19.1 Å². The highest BCUT2D eigenvalue weighted by Gasteiger charge is 2.30. The van der Waals surface area contributed by atoms with Gasteiger partial charge in [0, 0.05) is 18.2 Å². The highest BCUT2D eigenvalue weighted by Crippen LogP contribution is 2.16. The maximum atomic E-state index is 12.1. The van der Waals surface area contributed by atoms with Crippen LogP contribution in [0.4, 0.5) is 10.5 Å². The van der Waals surface area contributed by atoms with E-state index >= 15 is 0 Å². The number of hydrogen-bond acceptors (Lipinski definition) is 7. The fourth-order valence-corrected chi connectivity index (χ4v) is 2.49. The lowest BCUT2D eigenvalue weighted by Gasteiger charge is -2.26. The van der Waals surface area contributed by atoms with E-state index in [1.165, 1.54) is 24.3 Å². The Hall–Kier alpha value is -3.69. The number of carbonyl (C=O) groups is 3. The van der Waals surface area contributed by atoms with Crippen LogP contribution in [0.25, 0.3) is 6.08 Å². The second-order valence-electron chi connectivity index (χ2n) is 5.73. The molecule has 10 nitrogen and oxygen atoms in total. The minimum atomic E-state index is -0.748. The Morgan fingerprint density at radius 1 is 1.32 bits per heavy atom. The van der Waals surface area contributed by atoms with E-state index in [4.69, 9.17) is 9.47 Å². The first kappa shape index (κ1) is 20.6. The Morgan fingerprint density at radius 3 is 2.75 bits per heavy atom. The van der Waals surface area contributed by atoms with Crippen LogP contribution in [0.3, 0.4) is 0 Å². The van der Waals surface area contributed by atoms with Crippen LogP contribution >= 0.6 is 0 Å². The van der Waals surface area contributed by atoms with Crippen molar-refractivity contribution in [2.24, 2.45) is 0 Å². The number of carbonyl (C=O) groups excluding carboxylic acids is 3. The quantitative estimate of drug-likeness (QED) is 0.313. The Bertz CT molecular complexity index is 860. The molecule has 0 saturated heterocycles. The number of esters is 2. The van der Waals surface area contributed by atoms with E-state index in [9.17, 15) is 24.5 Å². The summed E-state index contributed by atoms with van der Waals surface area (Å²) in [6, 6.07) is 4.58. The van der Waals surface area contributed by atoms with Gasteiger partial charge in [-0.2, -0.15) is 0 Å². The van der Waals surface area contributed by atoms with Crippen LogP contribution in [0.5, 0.6) is 0 Å². The SMILES string of the molecule is CCOC(=O)C1=C(COC(=O)/C=C/c2cccc([N+](=O)[O-])c2)NC(=O)NC1C. The Labute approximate surface area is 160 Å². The predicted molar refractivity (Wildman–Crippen MR) is 97.9 cm³/mol. The summed E-state index contributed by atoms with van der Waals surface area (Å²) in [5, 5.41) is 15.7. The highest BCUT2D eigenvalue weighted by atomic mass is 16.6. The molecule has 0 radical (unpaired) electrons. The molecule has 2 amide bonds. The number of amides is 2. The molecule has 0 saturated carbocycles. The van der Waals surface area contributed by atoms with Crippen molar-refractivity contribution in [2.45, 2.75) is 19.9 Å². The van der Waals surface area contributed by atoms with Crippen molar-refractivity contribution in [3.63, 3.8) is 0 Å². The fourth-order valence-electron chi connectivity index (χ4n) is 2.49. The summed E-state index contributed by atoms with van der Waals surface area (Å²) < 4.78 is 10.0. The molecule has 2 N–H and O–H groups in total. The number of nitrogens with zero attached hydrogens (tertiary/aromatic N) is 1.